The first-order valence-corrected chi connectivity index (χ1v) is 11.7. The number of hydrogen-bond acceptors (Lipinski definition) is 5. The van der Waals surface area contributed by atoms with Gasteiger partial charge in [0.25, 0.3) is 0 Å². The molecule has 0 aliphatic carbocycles. The minimum absolute atomic E-state index is 0.00775. The quantitative estimate of drug-likeness (QED) is 0.319. The number of aliphatic hydroxyl groups is 1. The van der Waals surface area contributed by atoms with E-state index in [4.69, 9.17) is 28.2 Å². The number of anilines is 5. The van der Waals surface area contributed by atoms with Crippen molar-refractivity contribution in [3.63, 3.8) is 0 Å². The minimum Gasteiger partial charge on any atom is -0.396 e. The second kappa shape index (κ2) is 9.92. The molecule has 35 heavy (non-hydrogen) atoms. The van der Waals surface area contributed by atoms with E-state index in [0.29, 0.717) is 39.6 Å². The number of hydrogen-bond donors (Lipinski definition) is 2. The van der Waals surface area contributed by atoms with Gasteiger partial charge in [-0.15, -0.1) is 0 Å². The normalized spacial score (nSPS) is 13.1. The van der Waals surface area contributed by atoms with Crippen molar-refractivity contribution in [3.05, 3.63) is 100 Å². The molecule has 7 nitrogen and oxygen atoms in total. The summed E-state index contributed by atoms with van der Waals surface area (Å²) in [7, 11) is 0. The summed E-state index contributed by atoms with van der Waals surface area (Å²) in [5.74, 6) is 0.850. The van der Waals surface area contributed by atoms with Crippen LogP contribution in [-0.2, 0) is 13.0 Å². The number of aromatic nitrogens is 2. The maximum absolute atomic E-state index is 13.9. The van der Waals surface area contributed by atoms with Gasteiger partial charge in [0.1, 0.15) is 0 Å². The smallest absolute Gasteiger partial charge is 0.335 e. The predicted molar refractivity (Wildman–Crippen MR) is 139 cm³/mol. The van der Waals surface area contributed by atoms with Crippen LogP contribution in [0.1, 0.15) is 11.1 Å². The van der Waals surface area contributed by atoms with Gasteiger partial charge in [-0.25, -0.2) is 14.7 Å². The Balaban J connectivity index is 1.61. The van der Waals surface area contributed by atoms with Gasteiger partial charge >= 0.3 is 6.03 Å². The second-order valence-corrected chi connectivity index (χ2v) is 8.82. The van der Waals surface area contributed by atoms with Crippen LogP contribution >= 0.6 is 23.2 Å². The Hall–Kier alpha value is -3.65. The topological polar surface area (TPSA) is 81.6 Å². The third-order valence-electron chi connectivity index (χ3n) is 5.60. The van der Waals surface area contributed by atoms with Crippen LogP contribution in [0, 0.1) is 0 Å². The van der Waals surface area contributed by atoms with Gasteiger partial charge in [-0.2, -0.15) is 4.98 Å². The fourth-order valence-corrected chi connectivity index (χ4v) is 4.47. The lowest BCUT2D eigenvalue weighted by Gasteiger charge is -2.36. The lowest BCUT2D eigenvalue weighted by molar-refractivity contribution is 0.252. The van der Waals surface area contributed by atoms with Gasteiger partial charge in [-0.05, 0) is 54.4 Å². The van der Waals surface area contributed by atoms with E-state index in [0.717, 1.165) is 16.8 Å². The molecule has 1 aliphatic heterocycles. The van der Waals surface area contributed by atoms with Crippen LogP contribution in [0.15, 0.2) is 79.0 Å². The van der Waals surface area contributed by atoms with E-state index in [-0.39, 0.29) is 19.2 Å². The van der Waals surface area contributed by atoms with E-state index in [2.05, 4.69) is 10.3 Å². The summed E-state index contributed by atoms with van der Waals surface area (Å²) in [5.41, 5.74) is 3.65. The highest BCUT2D eigenvalue weighted by molar-refractivity contribution is 6.37. The van der Waals surface area contributed by atoms with Gasteiger partial charge in [-0.1, -0.05) is 53.5 Å². The number of nitrogens with one attached hydrogen (secondary N) is 1. The third kappa shape index (κ3) is 4.79. The molecule has 0 saturated carbocycles. The molecule has 0 radical (unpaired) electrons. The van der Waals surface area contributed by atoms with Crippen molar-refractivity contribution in [2.45, 2.75) is 13.0 Å². The molecule has 2 heterocycles. The summed E-state index contributed by atoms with van der Waals surface area (Å²) in [6.45, 7) is 0.252. The van der Waals surface area contributed by atoms with Crippen LogP contribution in [0.5, 0.6) is 0 Å². The number of rotatable bonds is 6. The molecule has 5 rings (SSSR count). The van der Waals surface area contributed by atoms with E-state index in [1.165, 1.54) is 0 Å². The number of halogens is 2. The fraction of sp³-hybridized carbons (Fsp3) is 0.115. The van der Waals surface area contributed by atoms with Gasteiger partial charge in [0.15, 0.2) is 5.82 Å². The van der Waals surface area contributed by atoms with Crippen molar-refractivity contribution in [1.29, 1.82) is 0 Å². The first kappa shape index (κ1) is 23.1. The average molecular weight is 506 g/mol. The Morgan fingerprint density at radius 1 is 1.00 bits per heavy atom. The SMILES string of the molecule is O=C1N(c2ccc(Cl)cc2Cl)Cc2cnc(Nc3ccccc3)nc2N1c1cccc(CCO)c1. The summed E-state index contributed by atoms with van der Waals surface area (Å²) < 4.78 is 0. The van der Waals surface area contributed by atoms with Crippen molar-refractivity contribution in [3.8, 4) is 0 Å². The molecule has 2 N–H and O–H groups in total. The molecule has 0 fully saturated rings. The van der Waals surface area contributed by atoms with Crippen LogP contribution in [0.3, 0.4) is 0 Å². The summed E-state index contributed by atoms with van der Waals surface area (Å²) >= 11 is 12.5. The minimum atomic E-state index is -0.313. The molecule has 9 heteroatoms. The van der Waals surface area contributed by atoms with Gasteiger partial charge in [0.2, 0.25) is 5.95 Å². The Kier molecular flexibility index (Phi) is 6.55. The maximum Gasteiger partial charge on any atom is 0.335 e. The van der Waals surface area contributed by atoms with Gasteiger partial charge < -0.3 is 10.4 Å². The molecule has 176 valence electrons. The number of aliphatic hydroxyl groups excluding tert-OH is 1. The van der Waals surface area contributed by atoms with E-state index in [9.17, 15) is 9.90 Å². The molecular weight excluding hydrogens is 485 g/mol. The lowest BCUT2D eigenvalue weighted by Crippen LogP contribution is -2.45. The van der Waals surface area contributed by atoms with Gasteiger partial charge in [0, 0.05) is 29.1 Å². The molecule has 0 bridgehead atoms. The van der Waals surface area contributed by atoms with Gasteiger partial charge in [-0.3, -0.25) is 4.90 Å². The lowest BCUT2D eigenvalue weighted by atomic mass is 10.1. The summed E-state index contributed by atoms with van der Waals surface area (Å²) in [4.78, 5) is 26.2. The Morgan fingerprint density at radius 2 is 1.83 bits per heavy atom. The number of nitrogens with zero attached hydrogens (tertiary/aromatic N) is 4. The molecule has 0 unspecified atom stereocenters. The van der Waals surface area contributed by atoms with Crippen LogP contribution in [-0.4, -0.2) is 27.7 Å². The average Bonchev–Trinajstić information content (AvgIpc) is 2.85. The number of benzene rings is 3. The van der Waals surface area contributed by atoms with E-state index >= 15 is 0 Å². The summed E-state index contributed by atoms with van der Waals surface area (Å²) in [6.07, 6.45) is 2.18. The van der Waals surface area contributed by atoms with Crippen molar-refractivity contribution < 1.29 is 9.90 Å². The molecule has 1 aliphatic rings. The third-order valence-corrected chi connectivity index (χ3v) is 6.14. The molecule has 4 aromatic rings. The van der Waals surface area contributed by atoms with Crippen molar-refractivity contribution in [1.82, 2.24) is 9.97 Å². The number of urea groups is 1. The number of amides is 2. The first-order valence-electron chi connectivity index (χ1n) is 11.0. The largest absolute Gasteiger partial charge is 0.396 e. The zero-order valence-electron chi connectivity index (χ0n) is 18.5. The highest BCUT2D eigenvalue weighted by Gasteiger charge is 2.35. The predicted octanol–water partition coefficient (Wildman–Crippen LogP) is 6.34. The van der Waals surface area contributed by atoms with E-state index in [1.807, 2.05) is 54.6 Å². The first-order chi connectivity index (χ1) is 17.0. The number of fused-ring (bicyclic) bond motifs is 1. The molecule has 0 saturated heterocycles. The summed E-state index contributed by atoms with van der Waals surface area (Å²) in [5, 5.41) is 13.4. The molecule has 3 aromatic carbocycles. The summed E-state index contributed by atoms with van der Waals surface area (Å²) in [6, 6.07) is 21.8. The monoisotopic (exact) mass is 505 g/mol. The van der Waals surface area contributed by atoms with Gasteiger partial charge in [0.05, 0.1) is 22.9 Å². The number of para-hydroxylation sites is 1. The molecular formula is C26H21Cl2N5O2. The zero-order chi connectivity index (χ0) is 24.4. The molecule has 0 atom stereocenters. The van der Waals surface area contributed by atoms with Crippen LogP contribution in [0.25, 0.3) is 0 Å². The number of carbonyl (C=O) groups is 1. The number of carbonyl (C=O) groups excluding carboxylic acids is 1. The highest BCUT2D eigenvalue weighted by Crippen LogP contribution is 2.39. The van der Waals surface area contributed by atoms with Crippen LogP contribution < -0.4 is 15.1 Å². The molecule has 1 aromatic heterocycles. The van der Waals surface area contributed by atoms with Crippen molar-refractivity contribution in [2.24, 2.45) is 0 Å². The van der Waals surface area contributed by atoms with E-state index in [1.54, 1.807) is 34.2 Å². The molecule has 2 amide bonds. The van der Waals surface area contributed by atoms with Crippen molar-refractivity contribution in [2.75, 3.05) is 21.7 Å². The van der Waals surface area contributed by atoms with Crippen LogP contribution in [0.4, 0.5) is 33.6 Å². The highest BCUT2D eigenvalue weighted by atomic mass is 35.5. The Bertz CT molecular complexity index is 1380. The zero-order valence-corrected chi connectivity index (χ0v) is 20.0. The van der Waals surface area contributed by atoms with Crippen LogP contribution in [0.2, 0.25) is 10.0 Å². The fourth-order valence-electron chi connectivity index (χ4n) is 3.96. The van der Waals surface area contributed by atoms with E-state index < -0.39 is 0 Å². The Labute approximate surface area is 212 Å². The standard InChI is InChI=1S/C26H21Cl2N5O2/c27-19-9-10-23(22(28)14-19)32-16-18-15-29-25(30-20-6-2-1-3-7-20)31-24(18)33(26(32)35)21-8-4-5-17(13-21)11-12-34/h1-10,13-15,34H,11-12,16H2,(H,29,30,31). The second-order valence-electron chi connectivity index (χ2n) is 7.98. The Morgan fingerprint density at radius 3 is 2.60 bits per heavy atom. The maximum atomic E-state index is 13.9. The van der Waals surface area contributed by atoms with Crippen molar-refractivity contribution >= 4 is 58.1 Å². The molecule has 0 spiro atoms.